The summed E-state index contributed by atoms with van der Waals surface area (Å²) in [5, 5.41) is 3.02. The van der Waals surface area contributed by atoms with Crippen LogP contribution in [0.25, 0.3) is 0 Å². The fourth-order valence-corrected chi connectivity index (χ4v) is 8.79. The van der Waals surface area contributed by atoms with Crippen LogP contribution in [0.4, 0.5) is 26.3 Å². The second kappa shape index (κ2) is 14.8. The van der Waals surface area contributed by atoms with Crippen LogP contribution in [0.1, 0.15) is 97.2 Å². The largest absolute Gasteiger partial charge is 0.474 e. The number of aromatic nitrogens is 1. The summed E-state index contributed by atoms with van der Waals surface area (Å²) < 4.78 is 95.3. The molecule has 5 heterocycles. The van der Waals surface area contributed by atoms with Gasteiger partial charge in [-0.05, 0) is 75.6 Å². The third-order valence-corrected chi connectivity index (χ3v) is 11.4. The Morgan fingerprint density at radius 3 is 2.41 bits per heavy atom. The maximum Gasteiger partial charge on any atom is 0.425 e. The number of carbonyl (C=O) groups excluding carboxylic acids is 3. The Morgan fingerprint density at radius 2 is 1.76 bits per heavy atom. The number of pyridine rings is 1. The van der Waals surface area contributed by atoms with Crippen LogP contribution in [0.15, 0.2) is 41.2 Å². The van der Waals surface area contributed by atoms with Gasteiger partial charge in [-0.15, -0.1) is 22.7 Å². The van der Waals surface area contributed by atoms with Gasteiger partial charge in [-0.3, -0.25) is 19.4 Å². The summed E-state index contributed by atoms with van der Waals surface area (Å²) in [6.45, 7) is 7.14. The molecule has 2 aliphatic rings. The minimum absolute atomic E-state index is 0.0341. The Labute approximate surface area is 299 Å². The van der Waals surface area contributed by atoms with E-state index in [9.17, 15) is 35.9 Å². The first-order valence-electron chi connectivity index (χ1n) is 16.7. The third kappa shape index (κ3) is 7.76. The van der Waals surface area contributed by atoms with Crippen molar-refractivity contribution in [2.24, 2.45) is 5.41 Å². The van der Waals surface area contributed by atoms with Crippen molar-refractivity contribution in [2.75, 3.05) is 19.7 Å². The Morgan fingerprint density at radius 1 is 1.02 bits per heavy atom. The SMILES string of the molecule is CCC[C@H]1N(C(=O)c2ncccc2C(F)(F)F)CCC[C@]1(Oc1csc(C(F)(F)F)c1)C(=O)N1CCc2ccsc2C1CC(C)(C)C(=O)OCC. The average Bonchev–Trinajstić information content (AvgIpc) is 3.75. The van der Waals surface area contributed by atoms with Crippen LogP contribution in [0.5, 0.6) is 5.75 Å². The third-order valence-electron chi connectivity index (χ3n) is 9.39. The number of alkyl halides is 6. The molecule has 2 amide bonds. The molecule has 0 bridgehead atoms. The van der Waals surface area contributed by atoms with Gasteiger partial charge in [0.05, 0.1) is 29.7 Å². The topological polar surface area (TPSA) is 89.0 Å². The zero-order chi connectivity index (χ0) is 37.4. The molecular weight excluding hydrogens is 721 g/mol. The summed E-state index contributed by atoms with van der Waals surface area (Å²) in [4.78, 5) is 49.0. The van der Waals surface area contributed by atoms with Gasteiger partial charge >= 0.3 is 18.3 Å². The number of piperidine rings is 1. The molecule has 16 heteroatoms. The maximum absolute atomic E-state index is 15.4. The molecule has 2 aliphatic heterocycles. The van der Waals surface area contributed by atoms with Crippen molar-refractivity contribution >= 4 is 40.5 Å². The lowest BCUT2D eigenvalue weighted by atomic mass is 9.77. The van der Waals surface area contributed by atoms with Crippen molar-refractivity contribution in [1.29, 1.82) is 0 Å². The van der Waals surface area contributed by atoms with E-state index in [0.29, 0.717) is 24.2 Å². The van der Waals surface area contributed by atoms with E-state index in [1.807, 2.05) is 11.4 Å². The number of fused-ring (bicyclic) bond motifs is 1. The number of amides is 2. The van der Waals surface area contributed by atoms with Crippen LogP contribution in [-0.2, 0) is 33.1 Å². The van der Waals surface area contributed by atoms with Crippen molar-refractivity contribution in [2.45, 2.75) is 96.3 Å². The first-order valence-corrected chi connectivity index (χ1v) is 18.4. The summed E-state index contributed by atoms with van der Waals surface area (Å²) in [7, 11) is 0. The minimum atomic E-state index is -4.91. The molecule has 1 unspecified atom stereocenters. The fourth-order valence-electron chi connectivity index (χ4n) is 7.04. The number of ether oxygens (including phenoxy) is 2. The van der Waals surface area contributed by atoms with E-state index in [1.165, 1.54) is 11.3 Å². The van der Waals surface area contributed by atoms with Crippen LogP contribution >= 0.6 is 22.7 Å². The number of hydrogen-bond donors (Lipinski definition) is 0. The molecule has 3 aromatic rings. The van der Waals surface area contributed by atoms with Crippen molar-refractivity contribution in [3.8, 4) is 5.75 Å². The van der Waals surface area contributed by atoms with E-state index in [0.717, 1.165) is 45.1 Å². The molecule has 1 fully saturated rings. The van der Waals surface area contributed by atoms with Gasteiger partial charge in [-0.25, -0.2) is 0 Å². The van der Waals surface area contributed by atoms with Gasteiger partial charge in [0, 0.05) is 42.0 Å². The molecule has 278 valence electrons. The number of hydrogen-bond acceptors (Lipinski definition) is 8. The Kier molecular flexibility index (Phi) is 11.2. The number of nitrogens with zero attached hydrogens (tertiary/aromatic N) is 3. The Bertz CT molecular complexity index is 1740. The van der Waals surface area contributed by atoms with Gasteiger partial charge in [0.25, 0.3) is 11.8 Å². The van der Waals surface area contributed by atoms with Gasteiger partial charge in [0.15, 0.2) is 0 Å². The monoisotopic (exact) mass is 759 g/mol. The molecule has 3 aromatic heterocycles. The molecule has 3 atom stereocenters. The number of likely N-dealkylation sites (tertiary alicyclic amines) is 1. The van der Waals surface area contributed by atoms with E-state index in [1.54, 1.807) is 32.6 Å². The lowest BCUT2D eigenvalue weighted by Crippen LogP contribution is -2.68. The van der Waals surface area contributed by atoms with Gasteiger partial charge in [0.1, 0.15) is 16.3 Å². The predicted octanol–water partition coefficient (Wildman–Crippen LogP) is 8.57. The lowest BCUT2D eigenvalue weighted by molar-refractivity contribution is -0.165. The van der Waals surface area contributed by atoms with Crippen molar-refractivity contribution in [3.05, 3.63) is 67.8 Å². The molecular formula is C35H39F6N3O5S2. The average molecular weight is 760 g/mol. The summed E-state index contributed by atoms with van der Waals surface area (Å²) >= 11 is 1.79. The summed E-state index contributed by atoms with van der Waals surface area (Å²) in [5.41, 5.74) is -4.17. The quantitative estimate of drug-likeness (QED) is 0.152. The number of esters is 1. The van der Waals surface area contributed by atoms with E-state index in [2.05, 4.69) is 4.98 Å². The molecule has 5 rings (SSSR count). The van der Waals surface area contributed by atoms with Gasteiger partial charge in [-0.1, -0.05) is 13.3 Å². The van der Waals surface area contributed by atoms with Crippen molar-refractivity contribution in [1.82, 2.24) is 14.8 Å². The molecule has 0 radical (unpaired) electrons. The molecule has 0 N–H and O–H groups in total. The number of rotatable bonds is 10. The molecule has 0 spiro atoms. The second-order valence-electron chi connectivity index (χ2n) is 13.3. The summed E-state index contributed by atoms with van der Waals surface area (Å²) in [5.74, 6) is -2.41. The first-order chi connectivity index (χ1) is 23.9. The number of thiophene rings is 2. The number of carbonyl (C=O) groups is 3. The minimum Gasteiger partial charge on any atom is -0.474 e. The van der Waals surface area contributed by atoms with Crippen molar-refractivity contribution < 1.29 is 50.2 Å². The van der Waals surface area contributed by atoms with E-state index < -0.39 is 69.4 Å². The zero-order valence-electron chi connectivity index (χ0n) is 28.5. The molecule has 8 nitrogen and oxygen atoms in total. The predicted molar refractivity (Wildman–Crippen MR) is 178 cm³/mol. The highest BCUT2D eigenvalue weighted by molar-refractivity contribution is 7.10. The molecule has 51 heavy (non-hydrogen) atoms. The molecule has 0 aliphatic carbocycles. The standard InChI is InChI=1S/C35H39F6N3O5S2/c1-5-9-25-33(49-22-18-26(51-20-22)35(39,40)41,13-8-15-44(25)29(45)27-23(34(36,37)38)10-7-14-42-27)30(46)43-16-11-21-12-17-50-28(21)24(43)19-32(3,4)31(47)48-6-2/h7,10,12,14,17-18,20,24-25H,5-6,8-9,11,13,15-16,19H2,1-4H3/t24?,25-,33-/m1/s1. The summed E-state index contributed by atoms with van der Waals surface area (Å²) in [6.07, 6.45) is -7.45. The van der Waals surface area contributed by atoms with Crippen LogP contribution in [0.2, 0.25) is 0 Å². The highest BCUT2D eigenvalue weighted by Gasteiger charge is 2.57. The number of halogens is 6. The molecule has 0 saturated carbocycles. The lowest BCUT2D eigenvalue weighted by Gasteiger charge is -2.51. The van der Waals surface area contributed by atoms with Crippen LogP contribution in [-0.4, -0.2) is 63.9 Å². The van der Waals surface area contributed by atoms with Crippen molar-refractivity contribution in [3.63, 3.8) is 0 Å². The second-order valence-corrected chi connectivity index (χ2v) is 15.2. The fraction of sp³-hybridized carbons (Fsp3) is 0.543. The smallest absolute Gasteiger partial charge is 0.425 e. The summed E-state index contributed by atoms with van der Waals surface area (Å²) in [6, 6.07) is 2.69. The van der Waals surface area contributed by atoms with Crippen LogP contribution in [0, 0.1) is 5.41 Å². The normalized spacial score (nSPS) is 21.3. The van der Waals surface area contributed by atoms with E-state index in [4.69, 9.17) is 9.47 Å². The van der Waals surface area contributed by atoms with Crippen LogP contribution < -0.4 is 4.74 Å². The van der Waals surface area contributed by atoms with E-state index >= 15 is 4.79 Å². The Balaban J connectivity index is 1.65. The highest BCUT2D eigenvalue weighted by Crippen LogP contribution is 2.47. The van der Waals surface area contributed by atoms with Gasteiger partial charge < -0.3 is 19.3 Å². The first kappa shape index (κ1) is 38.6. The Hall–Kier alpha value is -3.66. The van der Waals surface area contributed by atoms with E-state index in [-0.39, 0.29) is 51.1 Å². The molecule has 1 saturated heterocycles. The maximum atomic E-state index is 15.4. The van der Waals surface area contributed by atoms with Gasteiger partial charge in [-0.2, -0.15) is 26.3 Å². The van der Waals surface area contributed by atoms with Crippen LogP contribution in [0.3, 0.4) is 0 Å². The molecule has 0 aromatic carbocycles. The highest BCUT2D eigenvalue weighted by atomic mass is 32.1. The van der Waals surface area contributed by atoms with Gasteiger partial charge in [0.2, 0.25) is 5.60 Å². The zero-order valence-corrected chi connectivity index (χ0v) is 30.2.